The molecule has 1 fully saturated rings. The average Bonchev–Trinajstić information content (AvgIpc) is 3.16. The van der Waals surface area contributed by atoms with E-state index in [0.29, 0.717) is 44.8 Å². The van der Waals surface area contributed by atoms with Gasteiger partial charge in [0, 0.05) is 24.7 Å². The highest BCUT2D eigenvalue weighted by Gasteiger charge is 2.20. The summed E-state index contributed by atoms with van der Waals surface area (Å²) in [5, 5.41) is 18.2. The van der Waals surface area contributed by atoms with Gasteiger partial charge in [-0.2, -0.15) is 9.61 Å². The summed E-state index contributed by atoms with van der Waals surface area (Å²) in [4.78, 5) is 13.5. The molecular formula is C22H22ClFN6O. The fourth-order valence-corrected chi connectivity index (χ4v) is 4.33. The summed E-state index contributed by atoms with van der Waals surface area (Å²) in [6.45, 7) is 2.62. The molecule has 0 amide bonds. The van der Waals surface area contributed by atoms with Crippen LogP contribution in [0.3, 0.4) is 0 Å². The lowest BCUT2D eigenvalue weighted by Crippen LogP contribution is -2.24. The molecule has 31 heavy (non-hydrogen) atoms. The van der Waals surface area contributed by atoms with Crippen LogP contribution in [-0.2, 0) is 0 Å². The smallest absolute Gasteiger partial charge is 0.159 e. The van der Waals surface area contributed by atoms with Gasteiger partial charge in [-0.15, -0.1) is 0 Å². The molecule has 5 rings (SSSR count). The highest BCUT2D eigenvalue weighted by atomic mass is 35.5. The van der Waals surface area contributed by atoms with Crippen LogP contribution < -0.4 is 5.32 Å². The third-order valence-corrected chi connectivity index (χ3v) is 6.02. The number of halogens is 2. The molecule has 0 spiro atoms. The number of nitrogens with one attached hydrogen (secondary N) is 1. The SMILES string of the molecule is Cc1nc2ccc(F)cc2nc1-c1cc2nc(Cl)cc(NCC3CCC(O)CC3)n2n1. The zero-order valence-corrected chi connectivity index (χ0v) is 17.8. The van der Waals surface area contributed by atoms with E-state index in [4.69, 9.17) is 11.6 Å². The largest absolute Gasteiger partial charge is 0.393 e. The van der Waals surface area contributed by atoms with Crippen LogP contribution in [0.25, 0.3) is 28.1 Å². The standard InChI is InChI=1S/C22H22ClFN6O/c1-12-22(27-17-8-14(24)4-7-16(17)26-12)18-9-21-28-19(23)10-20(30(21)29-18)25-11-13-2-5-15(31)6-3-13/h4,7-10,13,15,25,31H,2-3,5-6,11H2,1H3. The van der Waals surface area contributed by atoms with Gasteiger partial charge in [0.2, 0.25) is 0 Å². The zero-order valence-electron chi connectivity index (χ0n) is 17.0. The first kappa shape index (κ1) is 20.1. The summed E-state index contributed by atoms with van der Waals surface area (Å²) in [6.07, 6.45) is 3.48. The molecule has 1 aromatic carbocycles. The molecule has 7 nitrogen and oxygen atoms in total. The molecule has 1 aliphatic carbocycles. The Kier molecular flexibility index (Phi) is 5.19. The molecule has 3 aromatic heterocycles. The second kappa shape index (κ2) is 8.01. The molecule has 9 heteroatoms. The maximum absolute atomic E-state index is 13.7. The number of hydrogen-bond acceptors (Lipinski definition) is 6. The van der Waals surface area contributed by atoms with Gasteiger partial charge in [-0.3, -0.25) is 0 Å². The fraction of sp³-hybridized carbons (Fsp3) is 0.364. The van der Waals surface area contributed by atoms with E-state index in [-0.39, 0.29) is 11.9 Å². The lowest BCUT2D eigenvalue weighted by molar-refractivity contribution is 0.111. The number of nitrogens with zero attached hydrogens (tertiary/aromatic N) is 5. The molecule has 1 saturated carbocycles. The Hall–Kier alpha value is -2.84. The maximum atomic E-state index is 13.7. The van der Waals surface area contributed by atoms with E-state index in [0.717, 1.165) is 38.0 Å². The first-order valence-corrected chi connectivity index (χ1v) is 10.8. The van der Waals surface area contributed by atoms with E-state index in [1.165, 1.54) is 12.1 Å². The first-order valence-electron chi connectivity index (χ1n) is 10.4. The van der Waals surface area contributed by atoms with Crippen LogP contribution in [0.15, 0.2) is 30.3 Å². The monoisotopic (exact) mass is 440 g/mol. The number of aromatic nitrogens is 5. The van der Waals surface area contributed by atoms with Gasteiger partial charge < -0.3 is 10.4 Å². The van der Waals surface area contributed by atoms with Crippen LogP contribution in [0.4, 0.5) is 10.2 Å². The topological polar surface area (TPSA) is 88.2 Å². The predicted molar refractivity (Wildman–Crippen MR) is 118 cm³/mol. The van der Waals surface area contributed by atoms with Crippen LogP contribution in [0.5, 0.6) is 0 Å². The number of anilines is 1. The molecule has 0 aliphatic heterocycles. The summed E-state index contributed by atoms with van der Waals surface area (Å²) >= 11 is 6.25. The summed E-state index contributed by atoms with van der Waals surface area (Å²) in [5.74, 6) is 0.871. The van der Waals surface area contributed by atoms with Gasteiger partial charge in [0.1, 0.15) is 28.2 Å². The van der Waals surface area contributed by atoms with Crippen molar-refractivity contribution in [2.45, 2.75) is 38.7 Å². The number of aliphatic hydroxyl groups is 1. The minimum atomic E-state index is -0.359. The van der Waals surface area contributed by atoms with Crippen LogP contribution in [0.2, 0.25) is 5.15 Å². The van der Waals surface area contributed by atoms with Crippen molar-refractivity contribution in [3.8, 4) is 11.4 Å². The predicted octanol–water partition coefficient (Wildman–Crippen LogP) is 4.40. The molecule has 2 N–H and O–H groups in total. The highest BCUT2D eigenvalue weighted by molar-refractivity contribution is 6.29. The van der Waals surface area contributed by atoms with Gasteiger partial charge in [0.15, 0.2) is 5.65 Å². The second-order valence-corrected chi connectivity index (χ2v) is 8.50. The van der Waals surface area contributed by atoms with Gasteiger partial charge in [0.25, 0.3) is 0 Å². The number of rotatable bonds is 4. The van der Waals surface area contributed by atoms with E-state index < -0.39 is 0 Å². The lowest BCUT2D eigenvalue weighted by Gasteiger charge is -2.25. The van der Waals surface area contributed by atoms with E-state index in [2.05, 4.69) is 25.4 Å². The van der Waals surface area contributed by atoms with E-state index in [9.17, 15) is 9.50 Å². The van der Waals surface area contributed by atoms with Crippen molar-refractivity contribution >= 4 is 34.1 Å². The van der Waals surface area contributed by atoms with Crippen molar-refractivity contribution < 1.29 is 9.50 Å². The van der Waals surface area contributed by atoms with Crippen molar-refractivity contribution in [2.24, 2.45) is 5.92 Å². The van der Waals surface area contributed by atoms with Crippen molar-refractivity contribution in [2.75, 3.05) is 11.9 Å². The Morgan fingerprint density at radius 3 is 2.71 bits per heavy atom. The van der Waals surface area contributed by atoms with Gasteiger partial charge in [-0.25, -0.2) is 19.3 Å². The lowest BCUT2D eigenvalue weighted by atomic mass is 9.87. The molecule has 4 aromatic rings. The Morgan fingerprint density at radius 1 is 1.10 bits per heavy atom. The third-order valence-electron chi connectivity index (χ3n) is 5.83. The molecule has 0 atom stereocenters. The number of hydrogen-bond donors (Lipinski definition) is 2. The second-order valence-electron chi connectivity index (χ2n) is 8.11. The molecule has 3 heterocycles. The van der Waals surface area contributed by atoms with Crippen LogP contribution in [0.1, 0.15) is 31.4 Å². The maximum Gasteiger partial charge on any atom is 0.159 e. The van der Waals surface area contributed by atoms with Crippen molar-refractivity contribution in [1.82, 2.24) is 24.6 Å². The van der Waals surface area contributed by atoms with Crippen molar-refractivity contribution in [3.63, 3.8) is 0 Å². The first-order chi connectivity index (χ1) is 15.0. The Bertz CT molecular complexity index is 1270. The fourth-order valence-electron chi connectivity index (χ4n) is 4.14. The minimum absolute atomic E-state index is 0.174. The molecule has 0 radical (unpaired) electrons. The van der Waals surface area contributed by atoms with Gasteiger partial charge in [-0.05, 0) is 50.7 Å². The Labute approximate surface area is 183 Å². The number of aryl methyl sites for hydroxylation is 1. The normalized spacial score (nSPS) is 19.2. The zero-order chi connectivity index (χ0) is 21.5. The van der Waals surface area contributed by atoms with Crippen LogP contribution in [-0.4, -0.2) is 42.3 Å². The molecule has 0 unspecified atom stereocenters. The van der Waals surface area contributed by atoms with Crippen molar-refractivity contribution in [3.05, 3.63) is 47.0 Å². The van der Waals surface area contributed by atoms with E-state index >= 15 is 0 Å². The molecule has 0 saturated heterocycles. The van der Waals surface area contributed by atoms with E-state index in [1.807, 2.05) is 6.92 Å². The third kappa shape index (κ3) is 4.05. The van der Waals surface area contributed by atoms with Gasteiger partial charge >= 0.3 is 0 Å². The van der Waals surface area contributed by atoms with E-state index in [1.54, 1.807) is 22.7 Å². The average molecular weight is 441 g/mol. The Balaban J connectivity index is 1.49. The van der Waals surface area contributed by atoms with Gasteiger partial charge in [0.05, 0.1) is 22.8 Å². The number of fused-ring (bicyclic) bond motifs is 2. The summed E-state index contributed by atoms with van der Waals surface area (Å²) in [5.41, 5.74) is 3.56. The quantitative estimate of drug-likeness (QED) is 0.457. The van der Waals surface area contributed by atoms with Crippen LogP contribution >= 0.6 is 11.6 Å². The summed E-state index contributed by atoms with van der Waals surface area (Å²) < 4.78 is 15.4. The van der Waals surface area contributed by atoms with Crippen LogP contribution in [0, 0.1) is 18.7 Å². The summed E-state index contributed by atoms with van der Waals surface area (Å²) in [7, 11) is 0. The summed E-state index contributed by atoms with van der Waals surface area (Å²) in [6, 6.07) is 7.90. The molecule has 160 valence electrons. The molecular weight excluding hydrogens is 419 g/mol. The molecule has 1 aliphatic rings. The van der Waals surface area contributed by atoms with Crippen molar-refractivity contribution in [1.29, 1.82) is 0 Å². The highest BCUT2D eigenvalue weighted by Crippen LogP contribution is 2.27. The number of benzene rings is 1. The minimum Gasteiger partial charge on any atom is -0.393 e. The molecule has 0 bridgehead atoms. The number of aliphatic hydroxyl groups excluding tert-OH is 1. The Morgan fingerprint density at radius 2 is 1.90 bits per heavy atom. The van der Waals surface area contributed by atoms with Gasteiger partial charge in [-0.1, -0.05) is 11.6 Å².